The summed E-state index contributed by atoms with van der Waals surface area (Å²) in [5, 5.41) is 18.7. The lowest BCUT2D eigenvalue weighted by Crippen LogP contribution is -2.10. The van der Waals surface area contributed by atoms with E-state index in [1.54, 1.807) is 25.1 Å². The van der Waals surface area contributed by atoms with Crippen molar-refractivity contribution < 1.29 is 27.5 Å². The highest BCUT2D eigenvalue weighted by atomic mass is 35.5. The van der Waals surface area contributed by atoms with Crippen LogP contribution in [-0.4, -0.2) is 21.2 Å². The molecule has 1 heterocycles. The first-order chi connectivity index (χ1) is 14.6. The molecule has 31 heavy (non-hydrogen) atoms. The van der Waals surface area contributed by atoms with Crippen molar-refractivity contribution in [1.29, 1.82) is 0 Å². The van der Waals surface area contributed by atoms with Gasteiger partial charge in [0.2, 0.25) is 17.7 Å². The molecule has 2 N–H and O–H groups in total. The lowest BCUT2D eigenvalue weighted by atomic mass is 10.0. The minimum atomic E-state index is -4.58. The van der Waals surface area contributed by atoms with Gasteiger partial charge in [-0.15, -0.1) is 10.2 Å². The number of aromatic nitrogens is 2. The van der Waals surface area contributed by atoms with Crippen molar-refractivity contribution in [2.45, 2.75) is 19.7 Å². The summed E-state index contributed by atoms with van der Waals surface area (Å²) in [7, 11) is 0. The molecular weight excluding hydrogens is 458 g/mol. The van der Waals surface area contributed by atoms with Gasteiger partial charge in [0.1, 0.15) is 6.61 Å². The standard InChI is InChI=1S/C20H14Cl2F3N3O3/c1-10(6-17(30)26-12-3-5-14(16(22)8-12)20(23,24)25)13-4-2-11(7-15(13)21)19-28-27-18(9-29)31-19/h2-8,29H,9H2,1H3,(H,26,30)/b10-6-. The molecule has 162 valence electrons. The molecule has 0 bridgehead atoms. The highest BCUT2D eigenvalue weighted by Crippen LogP contribution is 2.36. The Labute approximate surface area is 184 Å². The van der Waals surface area contributed by atoms with E-state index in [2.05, 4.69) is 15.5 Å². The van der Waals surface area contributed by atoms with Gasteiger partial charge in [-0.2, -0.15) is 13.2 Å². The van der Waals surface area contributed by atoms with E-state index in [9.17, 15) is 18.0 Å². The van der Waals surface area contributed by atoms with E-state index in [1.807, 2.05) is 0 Å². The Kier molecular flexibility index (Phi) is 6.68. The molecule has 0 saturated carbocycles. The van der Waals surface area contributed by atoms with E-state index in [-0.39, 0.29) is 24.1 Å². The summed E-state index contributed by atoms with van der Waals surface area (Å²) in [5.41, 5.74) is 0.710. The van der Waals surface area contributed by atoms with Gasteiger partial charge >= 0.3 is 6.18 Å². The van der Waals surface area contributed by atoms with E-state index < -0.39 is 22.7 Å². The van der Waals surface area contributed by atoms with Crippen LogP contribution in [-0.2, 0) is 17.6 Å². The molecule has 0 spiro atoms. The van der Waals surface area contributed by atoms with Gasteiger partial charge in [0.05, 0.1) is 10.6 Å². The lowest BCUT2D eigenvalue weighted by molar-refractivity contribution is -0.137. The molecule has 0 aliphatic rings. The third-order valence-corrected chi connectivity index (χ3v) is 4.76. The number of alkyl halides is 3. The summed E-state index contributed by atoms with van der Waals surface area (Å²) in [5.74, 6) is -0.333. The molecule has 0 atom stereocenters. The summed E-state index contributed by atoms with van der Waals surface area (Å²) in [6.07, 6.45) is -3.33. The number of allylic oxidation sites excluding steroid dienone is 1. The number of amides is 1. The number of nitrogens with one attached hydrogen (secondary N) is 1. The minimum absolute atomic E-state index is 0.0614. The van der Waals surface area contributed by atoms with Crippen LogP contribution in [0.1, 0.15) is 23.9 Å². The van der Waals surface area contributed by atoms with Gasteiger partial charge in [0, 0.05) is 22.3 Å². The first-order valence-electron chi connectivity index (χ1n) is 8.68. The van der Waals surface area contributed by atoms with Crippen LogP contribution >= 0.6 is 23.2 Å². The molecule has 0 fully saturated rings. The molecule has 11 heteroatoms. The molecule has 0 saturated heterocycles. The molecule has 0 aliphatic heterocycles. The largest absolute Gasteiger partial charge is 0.418 e. The number of hydrogen-bond donors (Lipinski definition) is 2. The number of carbonyl (C=O) groups is 1. The van der Waals surface area contributed by atoms with E-state index in [0.717, 1.165) is 18.2 Å². The van der Waals surface area contributed by atoms with Crippen molar-refractivity contribution in [3.63, 3.8) is 0 Å². The number of halogens is 5. The number of carbonyl (C=O) groups excluding carboxylic acids is 1. The van der Waals surface area contributed by atoms with Gasteiger partial charge < -0.3 is 14.8 Å². The average Bonchev–Trinajstić information content (AvgIpc) is 3.16. The second kappa shape index (κ2) is 9.09. The summed E-state index contributed by atoms with van der Waals surface area (Å²) in [6, 6.07) is 7.80. The second-order valence-corrected chi connectivity index (χ2v) is 7.18. The Hall–Kier alpha value is -2.88. The van der Waals surface area contributed by atoms with Crippen molar-refractivity contribution in [1.82, 2.24) is 10.2 Å². The van der Waals surface area contributed by atoms with E-state index in [1.165, 1.54) is 6.08 Å². The van der Waals surface area contributed by atoms with Crippen LogP contribution in [0.5, 0.6) is 0 Å². The lowest BCUT2D eigenvalue weighted by Gasteiger charge is -2.11. The predicted octanol–water partition coefficient (Wildman–Crippen LogP) is 5.60. The maximum Gasteiger partial charge on any atom is 0.417 e. The summed E-state index contributed by atoms with van der Waals surface area (Å²) in [4.78, 5) is 12.3. The molecule has 6 nitrogen and oxygen atoms in total. The second-order valence-electron chi connectivity index (χ2n) is 6.36. The molecular formula is C20H14Cl2F3N3O3. The van der Waals surface area contributed by atoms with Gasteiger partial charge in [0.15, 0.2) is 0 Å². The third-order valence-electron chi connectivity index (χ3n) is 4.13. The fourth-order valence-electron chi connectivity index (χ4n) is 2.68. The van der Waals surface area contributed by atoms with Crippen LogP contribution in [0.4, 0.5) is 18.9 Å². The molecule has 3 rings (SSSR count). The van der Waals surface area contributed by atoms with Crippen LogP contribution in [0.2, 0.25) is 10.0 Å². The number of hydrogen-bond acceptors (Lipinski definition) is 5. The molecule has 2 aromatic carbocycles. The SMILES string of the molecule is C/C(=C/C(=O)Nc1ccc(C(F)(F)F)c(Cl)c1)c1ccc(-c2nnc(CO)o2)cc1Cl. The average molecular weight is 472 g/mol. The van der Waals surface area contributed by atoms with Crippen LogP contribution in [0.3, 0.4) is 0 Å². The number of aliphatic hydroxyl groups is 1. The smallest absolute Gasteiger partial charge is 0.417 e. The molecule has 3 aromatic rings. The van der Waals surface area contributed by atoms with E-state index in [4.69, 9.17) is 32.7 Å². The number of aliphatic hydroxyl groups excluding tert-OH is 1. The molecule has 0 aliphatic carbocycles. The Morgan fingerprint density at radius 1 is 1.16 bits per heavy atom. The van der Waals surface area contributed by atoms with E-state index >= 15 is 0 Å². The zero-order valence-electron chi connectivity index (χ0n) is 15.8. The Morgan fingerprint density at radius 2 is 1.90 bits per heavy atom. The summed E-state index contributed by atoms with van der Waals surface area (Å²) >= 11 is 12.0. The molecule has 1 aromatic heterocycles. The summed E-state index contributed by atoms with van der Waals surface area (Å²) < 4.78 is 43.6. The van der Waals surface area contributed by atoms with Crippen molar-refractivity contribution in [2.24, 2.45) is 0 Å². The van der Waals surface area contributed by atoms with Crippen LogP contribution < -0.4 is 5.32 Å². The number of rotatable bonds is 5. The summed E-state index contributed by atoms with van der Waals surface area (Å²) in [6.45, 7) is 1.26. The van der Waals surface area contributed by atoms with Crippen molar-refractivity contribution in [3.05, 3.63) is 69.5 Å². The molecule has 1 amide bonds. The maximum atomic E-state index is 12.8. The van der Waals surface area contributed by atoms with Gasteiger partial charge in [-0.1, -0.05) is 29.3 Å². The normalized spacial score (nSPS) is 12.2. The Morgan fingerprint density at radius 3 is 2.48 bits per heavy atom. The number of anilines is 1. The van der Waals surface area contributed by atoms with Crippen LogP contribution in [0, 0.1) is 0 Å². The number of benzene rings is 2. The first-order valence-corrected chi connectivity index (χ1v) is 9.43. The predicted molar refractivity (Wildman–Crippen MR) is 109 cm³/mol. The fraction of sp³-hybridized carbons (Fsp3) is 0.150. The highest BCUT2D eigenvalue weighted by Gasteiger charge is 2.33. The Balaban J connectivity index is 1.76. The number of nitrogens with zero attached hydrogens (tertiary/aromatic N) is 2. The van der Waals surface area contributed by atoms with Crippen molar-refractivity contribution >= 4 is 40.4 Å². The fourth-order valence-corrected chi connectivity index (χ4v) is 3.29. The topological polar surface area (TPSA) is 88.2 Å². The maximum absolute atomic E-state index is 12.8. The van der Waals surface area contributed by atoms with Crippen molar-refractivity contribution in [3.8, 4) is 11.5 Å². The van der Waals surface area contributed by atoms with Gasteiger partial charge in [0.25, 0.3) is 0 Å². The monoisotopic (exact) mass is 471 g/mol. The zero-order chi connectivity index (χ0) is 22.8. The van der Waals surface area contributed by atoms with Crippen LogP contribution in [0.25, 0.3) is 17.0 Å². The van der Waals surface area contributed by atoms with Gasteiger partial charge in [-0.25, -0.2) is 0 Å². The molecule has 0 unspecified atom stereocenters. The first kappa shape index (κ1) is 22.8. The third kappa shape index (κ3) is 5.43. The van der Waals surface area contributed by atoms with Gasteiger partial charge in [-0.3, -0.25) is 4.79 Å². The van der Waals surface area contributed by atoms with Crippen molar-refractivity contribution in [2.75, 3.05) is 5.32 Å². The highest BCUT2D eigenvalue weighted by molar-refractivity contribution is 6.33. The van der Waals surface area contributed by atoms with Gasteiger partial charge in [-0.05, 0) is 48.4 Å². The zero-order valence-corrected chi connectivity index (χ0v) is 17.3. The molecule has 0 radical (unpaired) electrons. The van der Waals surface area contributed by atoms with Crippen LogP contribution in [0.15, 0.2) is 46.9 Å². The minimum Gasteiger partial charge on any atom is -0.418 e. The van der Waals surface area contributed by atoms with E-state index in [0.29, 0.717) is 21.7 Å². The quantitative estimate of drug-likeness (QED) is 0.473. The Bertz CT molecular complexity index is 1160.